The summed E-state index contributed by atoms with van der Waals surface area (Å²) in [5, 5.41) is 13.4. The maximum atomic E-state index is 12.7. The molecule has 0 aromatic carbocycles. The fourth-order valence-electron chi connectivity index (χ4n) is 4.84. The number of nitriles is 1. The number of carbonyl (C=O) groups is 2. The van der Waals surface area contributed by atoms with Crippen LogP contribution in [-0.4, -0.2) is 32.8 Å². The molecule has 2 amide bonds. The molecule has 1 aliphatic carbocycles. The van der Waals surface area contributed by atoms with Gasteiger partial charge in [-0.1, -0.05) is 32.1 Å². The molecule has 7 nitrogen and oxygen atoms in total. The lowest BCUT2D eigenvalue weighted by molar-refractivity contribution is -0.132. The molecule has 4 rings (SSSR count). The number of nitrogens with zero attached hydrogens (tertiary/aromatic N) is 4. The molecule has 8 heteroatoms. The van der Waals surface area contributed by atoms with Gasteiger partial charge in [-0.2, -0.15) is 5.26 Å². The molecule has 0 radical (unpaired) electrons. The molecule has 1 saturated carbocycles. The van der Waals surface area contributed by atoms with Crippen LogP contribution >= 0.6 is 11.3 Å². The highest BCUT2D eigenvalue weighted by Crippen LogP contribution is 2.37. The number of nitrogens with one attached hydrogen (secondary N) is 1. The number of hydrogen-bond donors (Lipinski definition) is 1. The third-order valence-corrected chi connectivity index (χ3v) is 7.89. The van der Waals surface area contributed by atoms with E-state index < -0.39 is 0 Å². The molecule has 0 spiro atoms. The number of imidazole rings is 1. The van der Waals surface area contributed by atoms with E-state index in [0.29, 0.717) is 55.3 Å². The topological polar surface area (TPSA) is 91.0 Å². The van der Waals surface area contributed by atoms with E-state index in [0.717, 1.165) is 22.7 Å². The van der Waals surface area contributed by atoms with Gasteiger partial charge in [-0.25, -0.2) is 4.98 Å². The highest BCUT2D eigenvalue weighted by Gasteiger charge is 2.27. The Morgan fingerprint density at radius 2 is 2.09 bits per heavy atom. The normalized spacial score (nSPS) is 16.4. The second-order valence-electron chi connectivity index (χ2n) is 8.93. The highest BCUT2D eigenvalue weighted by molar-refractivity contribution is 7.16. The first-order valence-corrected chi connectivity index (χ1v) is 12.4. The summed E-state index contributed by atoms with van der Waals surface area (Å²) in [7, 11) is 1.93. The van der Waals surface area contributed by atoms with E-state index in [1.807, 2.05) is 22.7 Å². The van der Waals surface area contributed by atoms with Gasteiger partial charge in [0.2, 0.25) is 11.8 Å². The average molecular weight is 454 g/mol. The molecular formula is C24H31N5O2S. The van der Waals surface area contributed by atoms with Crippen LogP contribution in [0.2, 0.25) is 0 Å². The largest absolute Gasteiger partial charge is 0.338 e. The van der Waals surface area contributed by atoms with E-state index in [-0.39, 0.29) is 11.8 Å². The lowest BCUT2D eigenvalue weighted by Crippen LogP contribution is -2.35. The Morgan fingerprint density at radius 3 is 2.81 bits per heavy atom. The molecule has 2 aromatic rings. The Kier molecular flexibility index (Phi) is 7.26. The molecule has 2 aliphatic rings. The number of thiophene rings is 1. The number of hydrogen-bond acceptors (Lipinski definition) is 5. The van der Waals surface area contributed by atoms with Crippen molar-refractivity contribution in [1.82, 2.24) is 14.5 Å². The van der Waals surface area contributed by atoms with E-state index in [1.54, 1.807) is 6.20 Å². The van der Waals surface area contributed by atoms with Crippen molar-refractivity contribution < 1.29 is 9.59 Å². The van der Waals surface area contributed by atoms with Crippen LogP contribution in [-0.2, 0) is 36.0 Å². The summed E-state index contributed by atoms with van der Waals surface area (Å²) in [5.41, 5.74) is 1.57. The van der Waals surface area contributed by atoms with Crippen molar-refractivity contribution in [3.8, 4) is 6.07 Å². The molecule has 1 N–H and O–H groups in total. The van der Waals surface area contributed by atoms with Gasteiger partial charge in [0.1, 0.15) is 16.9 Å². The zero-order valence-electron chi connectivity index (χ0n) is 18.7. The van der Waals surface area contributed by atoms with Gasteiger partial charge in [0, 0.05) is 50.1 Å². The summed E-state index contributed by atoms with van der Waals surface area (Å²) >= 11 is 1.45. The van der Waals surface area contributed by atoms with Gasteiger partial charge in [0.05, 0.1) is 12.1 Å². The van der Waals surface area contributed by atoms with Gasteiger partial charge in [-0.15, -0.1) is 11.3 Å². The summed E-state index contributed by atoms with van der Waals surface area (Å²) in [5.74, 6) is 1.65. The molecule has 0 atom stereocenters. The molecule has 170 valence electrons. The minimum atomic E-state index is -0.00586. The van der Waals surface area contributed by atoms with Crippen molar-refractivity contribution in [2.45, 2.75) is 70.8 Å². The Balaban J connectivity index is 1.34. The van der Waals surface area contributed by atoms with Crippen LogP contribution < -0.4 is 5.32 Å². The van der Waals surface area contributed by atoms with Crippen molar-refractivity contribution in [1.29, 1.82) is 5.26 Å². The van der Waals surface area contributed by atoms with Gasteiger partial charge in [-0.05, 0) is 24.3 Å². The predicted octanol–water partition coefficient (Wildman–Crippen LogP) is 4.17. The highest BCUT2D eigenvalue weighted by atomic mass is 32.1. The number of rotatable bonds is 7. The molecule has 2 aromatic heterocycles. The van der Waals surface area contributed by atoms with Gasteiger partial charge >= 0.3 is 0 Å². The Labute approximate surface area is 193 Å². The summed E-state index contributed by atoms with van der Waals surface area (Å²) in [6, 6.07) is 2.29. The summed E-state index contributed by atoms with van der Waals surface area (Å²) < 4.78 is 1.93. The van der Waals surface area contributed by atoms with E-state index in [2.05, 4.69) is 16.4 Å². The van der Waals surface area contributed by atoms with Crippen LogP contribution in [0.15, 0.2) is 12.4 Å². The van der Waals surface area contributed by atoms with E-state index in [1.165, 1.54) is 43.4 Å². The second kappa shape index (κ2) is 10.3. The first kappa shape index (κ1) is 22.5. The molecule has 1 fully saturated rings. The smallest absolute Gasteiger partial charge is 0.225 e. The van der Waals surface area contributed by atoms with Gasteiger partial charge in [0.15, 0.2) is 0 Å². The Morgan fingerprint density at radius 1 is 1.28 bits per heavy atom. The third kappa shape index (κ3) is 5.21. The van der Waals surface area contributed by atoms with Crippen LogP contribution in [0.25, 0.3) is 0 Å². The minimum absolute atomic E-state index is 0.00586. The molecule has 0 unspecified atom stereocenters. The lowest BCUT2D eigenvalue weighted by Gasteiger charge is -2.27. The standard InChI is InChI=1S/C24H31N5O2S/c1-28-14-12-26-21(28)8-10-23(31)29-13-11-18-19(15-25)24(32-20(18)16-29)27-22(30)9-7-17-5-3-2-4-6-17/h12,14,17H,2-11,13,16H2,1H3,(H,27,30). The van der Waals surface area contributed by atoms with Crippen molar-refractivity contribution in [2.75, 3.05) is 11.9 Å². The summed E-state index contributed by atoms with van der Waals surface area (Å²) in [6.07, 6.45) is 13.1. The number of fused-ring (bicyclic) bond motifs is 1. The summed E-state index contributed by atoms with van der Waals surface area (Å²) in [4.78, 5) is 32.5. The van der Waals surface area contributed by atoms with Crippen LogP contribution in [0.5, 0.6) is 0 Å². The van der Waals surface area contributed by atoms with Crippen molar-refractivity contribution >= 4 is 28.2 Å². The zero-order chi connectivity index (χ0) is 22.5. The average Bonchev–Trinajstić information content (AvgIpc) is 3.38. The number of anilines is 1. The summed E-state index contributed by atoms with van der Waals surface area (Å²) in [6.45, 7) is 1.11. The monoisotopic (exact) mass is 453 g/mol. The Hall–Kier alpha value is -2.66. The molecule has 32 heavy (non-hydrogen) atoms. The number of aryl methyl sites for hydroxylation is 2. The third-order valence-electron chi connectivity index (χ3n) is 6.76. The maximum absolute atomic E-state index is 12.7. The van der Waals surface area contributed by atoms with E-state index in [9.17, 15) is 14.9 Å². The van der Waals surface area contributed by atoms with Gasteiger partial charge in [0.25, 0.3) is 0 Å². The maximum Gasteiger partial charge on any atom is 0.225 e. The fraction of sp³-hybridized carbons (Fsp3) is 0.583. The van der Waals surface area contributed by atoms with E-state index >= 15 is 0 Å². The van der Waals surface area contributed by atoms with Crippen LogP contribution in [0.1, 0.15) is 73.2 Å². The molecule has 1 aliphatic heterocycles. The fourth-order valence-corrected chi connectivity index (χ4v) is 6.07. The first-order chi connectivity index (χ1) is 15.5. The lowest BCUT2D eigenvalue weighted by atomic mass is 9.86. The van der Waals surface area contributed by atoms with Crippen LogP contribution in [0, 0.1) is 17.2 Å². The van der Waals surface area contributed by atoms with Crippen molar-refractivity contribution in [2.24, 2.45) is 13.0 Å². The zero-order valence-corrected chi connectivity index (χ0v) is 19.5. The minimum Gasteiger partial charge on any atom is -0.338 e. The quantitative estimate of drug-likeness (QED) is 0.681. The second-order valence-corrected chi connectivity index (χ2v) is 10.0. The molecule has 0 bridgehead atoms. The molecular weight excluding hydrogens is 422 g/mol. The van der Waals surface area contributed by atoms with Crippen LogP contribution in [0.4, 0.5) is 5.00 Å². The van der Waals surface area contributed by atoms with Crippen molar-refractivity contribution in [3.05, 3.63) is 34.2 Å². The SMILES string of the molecule is Cn1ccnc1CCC(=O)N1CCc2c(sc(NC(=O)CCC3CCCCC3)c2C#N)C1. The van der Waals surface area contributed by atoms with Crippen molar-refractivity contribution in [3.63, 3.8) is 0 Å². The number of amides is 2. The molecule has 0 saturated heterocycles. The Bertz CT molecular complexity index is 1010. The number of aromatic nitrogens is 2. The van der Waals surface area contributed by atoms with Crippen LogP contribution in [0.3, 0.4) is 0 Å². The molecule has 3 heterocycles. The first-order valence-electron chi connectivity index (χ1n) is 11.6. The number of carbonyl (C=O) groups excluding carboxylic acids is 2. The van der Waals surface area contributed by atoms with Gasteiger partial charge < -0.3 is 14.8 Å². The van der Waals surface area contributed by atoms with E-state index in [4.69, 9.17) is 0 Å². The van der Waals surface area contributed by atoms with Gasteiger partial charge in [-0.3, -0.25) is 9.59 Å². The predicted molar refractivity (Wildman–Crippen MR) is 124 cm³/mol.